The predicted octanol–water partition coefficient (Wildman–Crippen LogP) is 4.35. The molecule has 0 spiro atoms. The molecule has 0 aliphatic rings. The predicted molar refractivity (Wildman–Crippen MR) is 101 cm³/mol. The van der Waals surface area contributed by atoms with E-state index in [0.717, 1.165) is 32.4 Å². The van der Waals surface area contributed by atoms with E-state index in [1.54, 1.807) is 29.5 Å². The number of furan rings is 1. The molecule has 0 saturated carbocycles. The zero-order valence-corrected chi connectivity index (χ0v) is 14.9. The molecule has 0 unspecified atom stereocenters. The van der Waals surface area contributed by atoms with E-state index in [0.29, 0.717) is 5.76 Å². The first-order valence-corrected chi connectivity index (χ1v) is 8.92. The number of rotatable bonds is 5. The van der Waals surface area contributed by atoms with Gasteiger partial charge in [-0.1, -0.05) is 24.3 Å². The lowest BCUT2D eigenvalue weighted by Crippen LogP contribution is -1.92. The maximum atomic E-state index is 12.2. The molecular formula is C20H16N2O3S. The maximum absolute atomic E-state index is 12.2. The van der Waals surface area contributed by atoms with Crippen LogP contribution in [0.15, 0.2) is 59.4 Å². The van der Waals surface area contributed by atoms with E-state index >= 15 is 0 Å². The second-order valence-corrected chi connectivity index (χ2v) is 7.08. The van der Waals surface area contributed by atoms with E-state index in [-0.39, 0.29) is 12.4 Å². The Morgan fingerprint density at radius 2 is 2.12 bits per heavy atom. The Morgan fingerprint density at radius 1 is 1.31 bits per heavy atom. The number of imidazole rings is 1. The third kappa shape index (κ3) is 3.00. The average molecular weight is 364 g/mol. The van der Waals surface area contributed by atoms with Gasteiger partial charge >= 0.3 is 0 Å². The fraction of sp³-hybridized carbons (Fsp3) is 0.100. The molecule has 0 amide bonds. The third-order valence-corrected chi connectivity index (χ3v) is 4.94. The molecule has 3 heterocycles. The van der Waals surface area contributed by atoms with Crippen LogP contribution in [0.3, 0.4) is 0 Å². The van der Waals surface area contributed by atoms with Gasteiger partial charge in [0.25, 0.3) is 0 Å². The summed E-state index contributed by atoms with van der Waals surface area (Å²) in [5.41, 5.74) is 3.40. The molecular weight excluding hydrogens is 348 g/mol. The van der Waals surface area contributed by atoms with Gasteiger partial charge in [0.05, 0.1) is 24.3 Å². The molecule has 130 valence electrons. The molecule has 0 atom stereocenters. The zero-order chi connectivity index (χ0) is 18.1. The van der Waals surface area contributed by atoms with Crippen molar-refractivity contribution in [3.63, 3.8) is 0 Å². The highest BCUT2D eigenvalue weighted by Gasteiger charge is 2.15. The van der Waals surface area contributed by atoms with Crippen molar-refractivity contribution in [2.75, 3.05) is 0 Å². The molecule has 4 rings (SSSR count). The SMILES string of the molecule is Cc1cn2c(/C=C/C(=O)c3ccco3)c(-c3ccc(CO)cc3)nc2s1. The molecule has 0 aliphatic heterocycles. The standard InChI is InChI=1S/C20H16N2O3S/c1-13-11-22-16(8-9-17(24)18-3-2-10-25-18)19(21-20(22)26-13)15-6-4-14(12-23)5-7-15/h2-11,23H,12H2,1H3/b9-8+. The summed E-state index contributed by atoms with van der Waals surface area (Å²) in [4.78, 5) is 19.0. The molecule has 0 fully saturated rings. The van der Waals surface area contributed by atoms with Crippen molar-refractivity contribution in [1.29, 1.82) is 0 Å². The second-order valence-electron chi connectivity index (χ2n) is 5.87. The van der Waals surface area contributed by atoms with Gasteiger partial charge in [-0.2, -0.15) is 0 Å². The largest absolute Gasteiger partial charge is 0.461 e. The van der Waals surface area contributed by atoms with E-state index in [4.69, 9.17) is 9.40 Å². The van der Waals surface area contributed by atoms with Gasteiger partial charge in [-0.15, -0.1) is 11.3 Å². The number of ketones is 1. The summed E-state index contributed by atoms with van der Waals surface area (Å²) in [5, 5.41) is 9.23. The lowest BCUT2D eigenvalue weighted by atomic mass is 10.1. The van der Waals surface area contributed by atoms with E-state index in [9.17, 15) is 9.90 Å². The van der Waals surface area contributed by atoms with Crippen LogP contribution >= 0.6 is 11.3 Å². The van der Waals surface area contributed by atoms with E-state index < -0.39 is 0 Å². The topological polar surface area (TPSA) is 67.7 Å². The van der Waals surface area contributed by atoms with Crippen LogP contribution in [-0.4, -0.2) is 20.3 Å². The summed E-state index contributed by atoms with van der Waals surface area (Å²) in [6.45, 7) is 2.03. The number of aliphatic hydroxyl groups is 1. The molecule has 6 heteroatoms. The van der Waals surface area contributed by atoms with Crippen molar-refractivity contribution in [3.05, 3.63) is 76.8 Å². The van der Waals surface area contributed by atoms with Crippen LogP contribution in [0.25, 0.3) is 22.3 Å². The van der Waals surface area contributed by atoms with Gasteiger partial charge in [0.2, 0.25) is 5.78 Å². The highest BCUT2D eigenvalue weighted by atomic mass is 32.1. The van der Waals surface area contributed by atoms with E-state index in [1.165, 1.54) is 12.3 Å². The first kappa shape index (κ1) is 16.5. The van der Waals surface area contributed by atoms with Crippen molar-refractivity contribution in [3.8, 4) is 11.3 Å². The lowest BCUT2D eigenvalue weighted by molar-refractivity contribution is 0.102. The molecule has 4 aromatic rings. The Kier molecular flexibility index (Phi) is 4.28. The van der Waals surface area contributed by atoms with Crippen molar-refractivity contribution < 1.29 is 14.3 Å². The summed E-state index contributed by atoms with van der Waals surface area (Å²) in [7, 11) is 0. The molecule has 5 nitrogen and oxygen atoms in total. The van der Waals surface area contributed by atoms with Gasteiger partial charge in [0.1, 0.15) is 0 Å². The quantitative estimate of drug-likeness (QED) is 0.422. The molecule has 0 saturated heterocycles. The average Bonchev–Trinajstić information content (AvgIpc) is 3.36. The number of aliphatic hydroxyl groups excluding tert-OH is 1. The van der Waals surface area contributed by atoms with Gasteiger partial charge in [0.15, 0.2) is 10.7 Å². The highest BCUT2D eigenvalue weighted by Crippen LogP contribution is 2.29. The molecule has 1 aromatic carbocycles. The molecule has 3 aromatic heterocycles. The molecule has 0 aliphatic carbocycles. The van der Waals surface area contributed by atoms with Crippen LogP contribution in [0.5, 0.6) is 0 Å². The minimum atomic E-state index is -0.196. The van der Waals surface area contributed by atoms with Crippen molar-refractivity contribution >= 4 is 28.2 Å². The van der Waals surface area contributed by atoms with Gasteiger partial charge in [0, 0.05) is 16.6 Å². The number of carbonyl (C=O) groups is 1. The molecule has 1 N–H and O–H groups in total. The number of aryl methyl sites for hydroxylation is 1. The Bertz CT molecular complexity index is 1090. The van der Waals surface area contributed by atoms with Crippen LogP contribution in [-0.2, 0) is 6.61 Å². The Hall–Kier alpha value is -2.96. The van der Waals surface area contributed by atoms with E-state index in [2.05, 4.69) is 0 Å². The van der Waals surface area contributed by atoms with Crippen LogP contribution in [0, 0.1) is 6.92 Å². The van der Waals surface area contributed by atoms with E-state index in [1.807, 2.05) is 41.8 Å². The van der Waals surface area contributed by atoms with Crippen molar-refractivity contribution in [2.45, 2.75) is 13.5 Å². The molecule has 26 heavy (non-hydrogen) atoms. The smallest absolute Gasteiger partial charge is 0.221 e. The van der Waals surface area contributed by atoms with Crippen molar-refractivity contribution in [2.24, 2.45) is 0 Å². The Balaban J connectivity index is 1.79. The first-order valence-electron chi connectivity index (χ1n) is 8.10. The Labute approximate surface area is 153 Å². The fourth-order valence-electron chi connectivity index (χ4n) is 2.77. The number of thiazole rings is 1. The monoisotopic (exact) mass is 364 g/mol. The molecule has 0 radical (unpaired) electrons. The number of allylic oxidation sites excluding steroid dienone is 1. The normalized spacial score (nSPS) is 11.6. The summed E-state index contributed by atoms with van der Waals surface area (Å²) >= 11 is 1.60. The highest BCUT2D eigenvalue weighted by molar-refractivity contribution is 7.17. The number of hydrogen-bond acceptors (Lipinski definition) is 5. The minimum absolute atomic E-state index is 0.00215. The summed E-state index contributed by atoms with van der Waals surface area (Å²) < 4.78 is 7.14. The fourth-order valence-corrected chi connectivity index (χ4v) is 3.60. The third-order valence-electron chi connectivity index (χ3n) is 4.05. The van der Waals surface area contributed by atoms with Crippen LogP contribution in [0.1, 0.15) is 26.7 Å². The summed E-state index contributed by atoms with van der Waals surface area (Å²) in [6, 6.07) is 10.9. The van der Waals surface area contributed by atoms with Crippen LogP contribution < -0.4 is 0 Å². The number of carbonyl (C=O) groups excluding carboxylic acids is 1. The van der Waals surface area contributed by atoms with Gasteiger partial charge in [-0.25, -0.2) is 4.98 Å². The van der Waals surface area contributed by atoms with Gasteiger partial charge < -0.3 is 9.52 Å². The lowest BCUT2D eigenvalue weighted by Gasteiger charge is -2.02. The van der Waals surface area contributed by atoms with Crippen LogP contribution in [0.4, 0.5) is 0 Å². The Morgan fingerprint density at radius 3 is 2.81 bits per heavy atom. The van der Waals surface area contributed by atoms with Crippen LogP contribution in [0.2, 0.25) is 0 Å². The van der Waals surface area contributed by atoms with Gasteiger partial charge in [-0.05, 0) is 36.8 Å². The minimum Gasteiger partial charge on any atom is -0.461 e. The number of aromatic nitrogens is 2. The number of fused-ring (bicyclic) bond motifs is 1. The second kappa shape index (κ2) is 6.74. The number of hydrogen-bond donors (Lipinski definition) is 1. The number of benzene rings is 1. The van der Waals surface area contributed by atoms with Gasteiger partial charge in [-0.3, -0.25) is 9.20 Å². The first-order chi connectivity index (χ1) is 12.7. The van der Waals surface area contributed by atoms with Crippen molar-refractivity contribution in [1.82, 2.24) is 9.38 Å². The zero-order valence-electron chi connectivity index (χ0n) is 14.0. The maximum Gasteiger partial charge on any atom is 0.221 e. The summed E-state index contributed by atoms with van der Waals surface area (Å²) in [6.07, 6.45) is 6.76. The molecule has 0 bridgehead atoms. The summed E-state index contributed by atoms with van der Waals surface area (Å²) in [5.74, 6) is 0.107. The number of nitrogens with zero attached hydrogens (tertiary/aromatic N) is 2.